The fourth-order valence-electron chi connectivity index (χ4n) is 2.91. The number of ether oxygens (including phenoxy) is 2. The van der Waals surface area contributed by atoms with Crippen LogP contribution in [0.25, 0.3) is 0 Å². The molecule has 1 aliphatic heterocycles. The first-order chi connectivity index (χ1) is 10.3. The standard InChI is InChI=1S/C16H23BrN2O2/c17-13-8-12(9-15-16(13)21-7-6-20-15)14(10-18)19-5-4-11-2-1-3-11/h8-9,11,14,19H,1-7,10,18H2. The predicted molar refractivity (Wildman–Crippen MR) is 86.9 cm³/mol. The third kappa shape index (κ3) is 3.52. The third-order valence-electron chi connectivity index (χ3n) is 4.43. The van der Waals surface area contributed by atoms with Crippen LogP contribution in [0.3, 0.4) is 0 Å². The summed E-state index contributed by atoms with van der Waals surface area (Å²) in [5.74, 6) is 2.53. The Labute approximate surface area is 134 Å². The van der Waals surface area contributed by atoms with E-state index in [1.807, 2.05) is 6.07 Å². The Morgan fingerprint density at radius 2 is 2.10 bits per heavy atom. The SMILES string of the molecule is NCC(NCCC1CCC1)c1cc(Br)c2c(c1)OCCO2. The molecule has 5 heteroatoms. The Kier molecular flexibility index (Phi) is 5.03. The van der Waals surface area contributed by atoms with Crippen LogP contribution >= 0.6 is 15.9 Å². The van der Waals surface area contributed by atoms with Crippen molar-refractivity contribution >= 4 is 15.9 Å². The summed E-state index contributed by atoms with van der Waals surface area (Å²) in [6.45, 7) is 2.81. The normalized spacial score (nSPS) is 19.1. The van der Waals surface area contributed by atoms with Gasteiger partial charge in [0.05, 0.1) is 4.47 Å². The zero-order chi connectivity index (χ0) is 14.7. The molecule has 1 heterocycles. The van der Waals surface area contributed by atoms with Crippen molar-refractivity contribution in [2.75, 3.05) is 26.3 Å². The summed E-state index contributed by atoms with van der Waals surface area (Å²) in [5, 5.41) is 3.58. The van der Waals surface area contributed by atoms with Crippen LogP contribution in [-0.2, 0) is 0 Å². The van der Waals surface area contributed by atoms with Crippen LogP contribution in [0, 0.1) is 5.92 Å². The molecule has 1 fully saturated rings. The van der Waals surface area contributed by atoms with Crippen LogP contribution in [0.5, 0.6) is 11.5 Å². The second kappa shape index (κ2) is 6.99. The zero-order valence-corrected chi connectivity index (χ0v) is 13.8. The van der Waals surface area contributed by atoms with Gasteiger partial charge < -0.3 is 20.5 Å². The highest BCUT2D eigenvalue weighted by molar-refractivity contribution is 9.10. The number of hydrogen-bond donors (Lipinski definition) is 2. The molecule has 2 aliphatic rings. The Balaban J connectivity index is 1.66. The number of nitrogens with two attached hydrogens (primary N) is 1. The number of halogens is 1. The average molecular weight is 355 g/mol. The van der Waals surface area contributed by atoms with Gasteiger partial charge in [-0.3, -0.25) is 0 Å². The van der Waals surface area contributed by atoms with Crippen molar-refractivity contribution in [3.63, 3.8) is 0 Å². The minimum absolute atomic E-state index is 0.164. The van der Waals surface area contributed by atoms with Crippen LogP contribution < -0.4 is 20.5 Å². The first kappa shape index (κ1) is 15.1. The van der Waals surface area contributed by atoms with Crippen molar-refractivity contribution in [2.45, 2.75) is 31.7 Å². The van der Waals surface area contributed by atoms with E-state index in [-0.39, 0.29) is 6.04 Å². The largest absolute Gasteiger partial charge is 0.486 e. The van der Waals surface area contributed by atoms with E-state index in [2.05, 4.69) is 27.3 Å². The van der Waals surface area contributed by atoms with E-state index in [0.29, 0.717) is 19.8 Å². The monoisotopic (exact) mass is 354 g/mol. The molecule has 0 spiro atoms. The van der Waals surface area contributed by atoms with Crippen LogP contribution in [0.2, 0.25) is 0 Å². The summed E-state index contributed by atoms with van der Waals surface area (Å²) in [6.07, 6.45) is 5.44. The van der Waals surface area contributed by atoms with Gasteiger partial charge in [0.1, 0.15) is 13.2 Å². The molecule has 0 aromatic heterocycles. The summed E-state index contributed by atoms with van der Waals surface area (Å²) >= 11 is 3.57. The molecule has 4 nitrogen and oxygen atoms in total. The lowest BCUT2D eigenvalue weighted by atomic mass is 9.83. The van der Waals surface area contributed by atoms with Gasteiger partial charge in [0.25, 0.3) is 0 Å². The fraction of sp³-hybridized carbons (Fsp3) is 0.625. The van der Waals surface area contributed by atoms with E-state index in [4.69, 9.17) is 15.2 Å². The van der Waals surface area contributed by atoms with Gasteiger partial charge >= 0.3 is 0 Å². The second-order valence-electron chi connectivity index (χ2n) is 5.85. The lowest BCUT2D eigenvalue weighted by molar-refractivity contribution is 0.170. The molecular weight excluding hydrogens is 332 g/mol. The quantitative estimate of drug-likeness (QED) is 0.824. The lowest BCUT2D eigenvalue weighted by Crippen LogP contribution is -2.31. The first-order valence-corrected chi connectivity index (χ1v) is 8.59. The molecule has 1 saturated carbocycles. The molecule has 0 bridgehead atoms. The van der Waals surface area contributed by atoms with Crippen molar-refractivity contribution in [1.29, 1.82) is 0 Å². The Bertz CT molecular complexity index is 491. The molecule has 21 heavy (non-hydrogen) atoms. The van der Waals surface area contributed by atoms with Crippen molar-refractivity contribution in [3.05, 3.63) is 22.2 Å². The number of rotatable bonds is 6. The van der Waals surface area contributed by atoms with Gasteiger partial charge in [-0.2, -0.15) is 0 Å². The number of fused-ring (bicyclic) bond motifs is 1. The van der Waals surface area contributed by atoms with E-state index in [1.54, 1.807) is 0 Å². The van der Waals surface area contributed by atoms with Crippen molar-refractivity contribution in [3.8, 4) is 11.5 Å². The summed E-state index contributed by atoms with van der Waals surface area (Å²) in [5.41, 5.74) is 7.10. The van der Waals surface area contributed by atoms with Crippen LogP contribution in [0.1, 0.15) is 37.3 Å². The Morgan fingerprint density at radius 3 is 2.81 bits per heavy atom. The summed E-state index contributed by atoms with van der Waals surface area (Å²) in [6, 6.07) is 4.30. The van der Waals surface area contributed by atoms with Gasteiger partial charge in [-0.25, -0.2) is 0 Å². The maximum absolute atomic E-state index is 5.94. The Hall–Kier alpha value is -0.780. The van der Waals surface area contributed by atoms with Gasteiger partial charge in [0, 0.05) is 12.6 Å². The van der Waals surface area contributed by atoms with Crippen LogP contribution in [-0.4, -0.2) is 26.3 Å². The number of hydrogen-bond acceptors (Lipinski definition) is 4. The van der Waals surface area contributed by atoms with E-state index in [1.165, 1.54) is 25.7 Å². The van der Waals surface area contributed by atoms with Crippen molar-refractivity contribution in [2.24, 2.45) is 11.7 Å². The molecule has 1 atom stereocenters. The molecule has 1 aliphatic carbocycles. The number of nitrogens with one attached hydrogen (secondary N) is 1. The number of benzene rings is 1. The summed E-state index contributed by atoms with van der Waals surface area (Å²) in [7, 11) is 0. The average Bonchev–Trinajstić information content (AvgIpc) is 2.45. The second-order valence-corrected chi connectivity index (χ2v) is 6.71. The molecule has 3 rings (SSSR count). The van der Waals surface area contributed by atoms with E-state index in [0.717, 1.165) is 34.0 Å². The first-order valence-electron chi connectivity index (χ1n) is 7.80. The summed E-state index contributed by atoms with van der Waals surface area (Å²) in [4.78, 5) is 0. The van der Waals surface area contributed by atoms with Crippen LogP contribution in [0.15, 0.2) is 16.6 Å². The fourth-order valence-corrected chi connectivity index (χ4v) is 3.49. The highest BCUT2D eigenvalue weighted by Gasteiger charge is 2.21. The minimum Gasteiger partial charge on any atom is -0.486 e. The van der Waals surface area contributed by atoms with Gasteiger partial charge in [0.15, 0.2) is 11.5 Å². The minimum atomic E-state index is 0.164. The van der Waals surface area contributed by atoms with E-state index < -0.39 is 0 Å². The molecular formula is C16H23BrN2O2. The zero-order valence-electron chi connectivity index (χ0n) is 12.2. The van der Waals surface area contributed by atoms with Gasteiger partial charge in [-0.15, -0.1) is 0 Å². The summed E-state index contributed by atoms with van der Waals surface area (Å²) < 4.78 is 12.3. The predicted octanol–water partition coefficient (Wildman–Crippen LogP) is 3.00. The van der Waals surface area contributed by atoms with Crippen molar-refractivity contribution < 1.29 is 9.47 Å². The van der Waals surface area contributed by atoms with Gasteiger partial charge in [0.2, 0.25) is 0 Å². The smallest absolute Gasteiger partial charge is 0.175 e. The molecule has 0 radical (unpaired) electrons. The molecule has 1 aromatic carbocycles. The van der Waals surface area contributed by atoms with E-state index >= 15 is 0 Å². The molecule has 0 saturated heterocycles. The van der Waals surface area contributed by atoms with E-state index in [9.17, 15) is 0 Å². The van der Waals surface area contributed by atoms with Gasteiger partial charge in [-0.1, -0.05) is 19.3 Å². The lowest BCUT2D eigenvalue weighted by Gasteiger charge is -2.27. The maximum Gasteiger partial charge on any atom is 0.175 e. The molecule has 1 unspecified atom stereocenters. The highest BCUT2D eigenvalue weighted by Crippen LogP contribution is 2.39. The highest BCUT2D eigenvalue weighted by atomic mass is 79.9. The molecule has 0 amide bonds. The molecule has 3 N–H and O–H groups in total. The maximum atomic E-state index is 5.94. The molecule has 116 valence electrons. The van der Waals surface area contributed by atoms with Gasteiger partial charge in [-0.05, 0) is 52.5 Å². The molecule has 1 aromatic rings. The Morgan fingerprint density at radius 1 is 1.29 bits per heavy atom. The topological polar surface area (TPSA) is 56.5 Å². The van der Waals surface area contributed by atoms with Crippen LogP contribution in [0.4, 0.5) is 0 Å². The van der Waals surface area contributed by atoms with Crippen molar-refractivity contribution in [1.82, 2.24) is 5.32 Å². The third-order valence-corrected chi connectivity index (χ3v) is 5.01.